The lowest BCUT2D eigenvalue weighted by Crippen LogP contribution is -2.24. The van der Waals surface area contributed by atoms with Gasteiger partial charge in [-0.2, -0.15) is 5.26 Å². The number of hydrogen-bond donors (Lipinski definition) is 1. The Morgan fingerprint density at radius 1 is 0.933 bits per heavy atom. The number of aliphatic hydroxyl groups excluding tert-OH is 1. The van der Waals surface area contributed by atoms with E-state index in [-0.39, 0.29) is 12.7 Å². The van der Waals surface area contributed by atoms with E-state index >= 15 is 0 Å². The van der Waals surface area contributed by atoms with Gasteiger partial charge >= 0.3 is 0 Å². The maximum absolute atomic E-state index is 9.75. The zero-order valence-corrected chi connectivity index (χ0v) is 26.9. The van der Waals surface area contributed by atoms with Crippen LogP contribution in [0.25, 0.3) is 11.1 Å². The van der Waals surface area contributed by atoms with E-state index in [1.165, 1.54) is 6.20 Å². The van der Waals surface area contributed by atoms with E-state index < -0.39 is 0 Å². The highest BCUT2D eigenvalue weighted by molar-refractivity contribution is 6.32. The number of hydrogen-bond acceptors (Lipinski definition) is 7. The number of nitrogens with zero attached hydrogens (tertiary/aromatic N) is 3. The molecule has 2 heterocycles. The summed E-state index contributed by atoms with van der Waals surface area (Å²) in [6.07, 6.45) is 5.56. The van der Waals surface area contributed by atoms with Gasteiger partial charge in [0.2, 0.25) is 0 Å². The molecule has 0 saturated carbocycles. The number of nitriles is 1. The van der Waals surface area contributed by atoms with Gasteiger partial charge in [-0.1, -0.05) is 48.9 Å². The second-order valence-electron chi connectivity index (χ2n) is 11.5. The number of likely N-dealkylation sites (tertiary alicyclic amines) is 1. The molecule has 7 nitrogen and oxygen atoms in total. The average Bonchev–Trinajstić information content (AvgIpc) is 3.47. The van der Waals surface area contributed by atoms with Gasteiger partial charge in [-0.15, -0.1) is 0 Å². The molecule has 1 fully saturated rings. The molecule has 0 spiro atoms. The van der Waals surface area contributed by atoms with Crippen LogP contribution in [0.4, 0.5) is 0 Å². The molecule has 1 saturated heterocycles. The van der Waals surface area contributed by atoms with Crippen molar-refractivity contribution in [3.05, 3.63) is 105 Å². The summed E-state index contributed by atoms with van der Waals surface area (Å²) in [6, 6.07) is 20.1. The van der Waals surface area contributed by atoms with Gasteiger partial charge in [-0.25, -0.2) is 0 Å². The van der Waals surface area contributed by atoms with Gasteiger partial charge in [0, 0.05) is 43.7 Å². The summed E-state index contributed by atoms with van der Waals surface area (Å²) in [7, 11) is 0. The topological polar surface area (TPSA) is 87.8 Å². The van der Waals surface area contributed by atoms with Crippen LogP contribution in [0.1, 0.15) is 53.1 Å². The van der Waals surface area contributed by atoms with Crippen LogP contribution in [-0.2, 0) is 19.6 Å². The maximum atomic E-state index is 9.75. The molecule has 8 heteroatoms. The largest absolute Gasteiger partial charge is 0.493 e. The molecule has 5 rings (SSSR count). The highest BCUT2D eigenvalue weighted by atomic mass is 35.5. The van der Waals surface area contributed by atoms with E-state index in [1.54, 1.807) is 12.3 Å². The van der Waals surface area contributed by atoms with Crippen LogP contribution in [0.3, 0.4) is 0 Å². The van der Waals surface area contributed by atoms with E-state index in [9.17, 15) is 10.4 Å². The summed E-state index contributed by atoms with van der Waals surface area (Å²) < 4.78 is 18.6. The summed E-state index contributed by atoms with van der Waals surface area (Å²) in [5.74, 6) is 2.13. The van der Waals surface area contributed by atoms with Crippen molar-refractivity contribution in [1.29, 1.82) is 5.26 Å². The van der Waals surface area contributed by atoms with Gasteiger partial charge in [0.05, 0.1) is 23.3 Å². The number of aryl methyl sites for hydroxylation is 1. The number of halogens is 1. The fourth-order valence-corrected chi connectivity index (χ4v) is 5.96. The monoisotopic (exact) mass is 625 g/mol. The van der Waals surface area contributed by atoms with Gasteiger partial charge < -0.3 is 24.2 Å². The standard InChI is InChI=1S/C37H40ClN3O4/c1-4-29-17-34(38)37(18-36(29)44-23-28-16-27(19-39)20-40-21-28)45-24-30-8-5-9-32(25(30)2)33-10-6-11-35(26(33)3)43-15-7-13-41-14-12-31(42)22-41/h5-6,8-11,16-18,20-21,31,42H,4,7,12-15,22-24H2,1-3H3/t31-/m1/s1. The van der Waals surface area contributed by atoms with Crippen molar-refractivity contribution in [3.63, 3.8) is 0 Å². The number of ether oxygens (including phenoxy) is 3. The summed E-state index contributed by atoms with van der Waals surface area (Å²) >= 11 is 6.65. The molecular formula is C37H40ClN3O4. The summed E-state index contributed by atoms with van der Waals surface area (Å²) in [6.45, 7) is 10.2. The van der Waals surface area contributed by atoms with Crippen LogP contribution in [0.2, 0.25) is 5.02 Å². The number of rotatable bonds is 13. The Morgan fingerprint density at radius 2 is 1.71 bits per heavy atom. The van der Waals surface area contributed by atoms with E-state index in [1.807, 2.05) is 24.3 Å². The van der Waals surface area contributed by atoms with E-state index in [0.29, 0.717) is 35.3 Å². The van der Waals surface area contributed by atoms with E-state index in [4.69, 9.17) is 25.8 Å². The Hall–Kier alpha value is -4.09. The maximum Gasteiger partial charge on any atom is 0.142 e. The third-order valence-electron chi connectivity index (χ3n) is 8.34. The molecule has 45 heavy (non-hydrogen) atoms. The Morgan fingerprint density at radius 3 is 2.47 bits per heavy atom. The third kappa shape index (κ3) is 8.15. The molecule has 0 unspecified atom stereocenters. The van der Waals surface area contributed by atoms with Gasteiger partial charge in [-0.05, 0) is 84.7 Å². The predicted molar refractivity (Wildman–Crippen MR) is 177 cm³/mol. The van der Waals surface area contributed by atoms with Gasteiger partial charge in [0.15, 0.2) is 0 Å². The molecule has 4 aromatic rings. The Kier molecular flexibility index (Phi) is 11.0. The molecule has 1 N–H and O–H groups in total. The number of β-amino-alcohol motifs (C(OH)–C–C–N with tert-alkyl or cyclic N) is 1. The van der Waals surface area contributed by atoms with E-state index in [0.717, 1.165) is 83.6 Å². The summed E-state index contributed by atoms with van der Waals surface area (Å²) in [5, 5.41) is 19.5. The normalized spacial score (nSPS) is 14.7. The van der Waals surface area contributed by atoms with Gasteiger partial charge in [0.25, 0.3) is 0 Å². The second kappa shape index (κ2) is 15.3. The third-order valence-corrected chi connectivity index (χ3v) is 8.64. The van der Waals surface area contributed by atoms with Crippen LogP contribution >= 0.6 is 11.6 Å². The smallest absolute Gasteiger partial charge is 0.142 e. The van der Waals surface area contributed by atoms with Crippen molar-refractivity contribution in [2.75, 3.05) is 26.2 Å². The van der Waals surface area contributed by atoms with Crippen molar-refractivity contribution < 1.29 is 19.3 Å². The highest BCUT2D eigenvalue weighted by Crippen LogP contribution is 2.36. The molecule has 1 aromatic heterocycles. The quantitative estimate of drug-likeness (QED) is 0.154. The Bertz CT molecular complexity index is 1670. The van der Waals surface area contributed by atoms with Crippen molar-refractivity contribution >= 4 is 11.6 Å². The zero-order valence-electron chi connectivity index (χ0n) is 26.2. The molecule has 0 amide bonds. The summed E-state index contributed by atoms with van der Waals surface area (Å²) in [4.78, 5) is 6.41. The molecule has 0 bridgehead atoms. The van der Waals surface area contributed by atoms with Crippen LogP contribution < -0.4 is 14.2 Å². The number of aromatic nitrogens is 1. The SMILES string of the molecule is CCc1cc(Cl)c(OCc2cccc(-c3cccc(OCCCN4CC[C@@H](O)C4)c3C)c2C)cc1OCc1cncc(C#N)c1. The number of pyridine rings is 1. The predicted octanol–water partition coefficient (Wildman–Crippen LogP) is 7.45. The molecule has 234 valence electrons. The highest BCUT2D eigenvalue weighted by Gasteiger charge is 2.19. The van der Waals surface area contributed by atoms with Crippen LogP contribution in [0.15, 0.2) is 67.0 Å². The first-order valence-corrected chi connectivity index (χ1v) is 15.9. The molecule has 3 aromatic carbocycles. The Balaban J connectivity index is 1.26. The fourth-order valence-electron chi connectivity index (χ4n) is 5.72. The molecule has 1 aliphatic heterocycles. The molecule has 1 atom stereocenters. The minimum atomic E-state index is -0.192. The molecule has 1 aliphatic rings. The van der Waals surface area contributed by atoms with E-state index in [2.05, 4.69) is 61.0 Å². The van der Waals surface area contributed by atoms with Crippen LogP contribution in [-0.4, -0.2) is 47.3 Å². The lowest BCUT2D eigenvalue weighted by molar-refractivity contribution is 0.173. The second-order valence-corrected chi connectivity index (χ2v) is 11.9. The molecular weight excluding hydrogens is 586 g/mol. The first-order chi connectivity index (χ1) is 21.9. The van der Waals surface area contributed by atoms with Crippen molar-refractivity contribution in [3.8, 4) is 34.4 Å². The lowest BCUT2D eigenvalue weighted by Gasteiger charge is -2.18. The van der Waals surface area contributed by atoms with Crippen molar-refractivity contribution in [2.45, 2.75) is 59.4 Å². The van der Waals surface area contributed by atoms with Gasteiger partial charge in [0.1, 0.15) is 36.5 Å². The zero-order chi connectivity index (χ0) is 31.8. The number of benzene rings is 3. The minimum Gasteiger partial charge on any atom is -0.493 e. The minimum absolute atomic E-state index is 0.192. The Labute approximate surface area is 271 Å². The fraction of sp³-hybridized carbons (Fsp3) is 0.351. The number of aliphatic hydroxyl groups is 1. The lowest BCUT2D eigenvalue weighted by atomic mass is 9.93. The molecule has 0 aliphatic carbocycles. The van der Waals surface area contributed by atoms with Crippen molar-refractivity contribution in [1.82, 2.24) is 9.88 Å². The van der Waals surface area contributed by atoms with Crippen molar-refractivity contribution in [2.24, 2.45) is 0 Å². The van der Waals surface area contributed by atoms with Crippen LogP contribution in [0.5, 0.6) is 17.2 Å². The van der Waals surface area contributed by atoms with Crippen LogP contribution in [0, 0.1) is 25.2 Å². The molecule has 0 radical (unpaired) electrons. The average molecular weight is 626 g/mol. The first kappa shape index (κ1) is 32.3. The summed E-state index contributed by atoms with van der Waals surface area (Å²) in [5.41, 5.74) is 7.84. The van der Waals surface area contributed by atoms with Gasteiger partial charge in [-0.3, -0.25) is 4.98 Å². The first-order valence-electron chi connectivity index (χ1n) is 15.5.